The number of hydrogen-bond acceptors (Lipinski definition) is 7. The smallest absolute Gasteiger partial charge is 0.306 e. The van der Waals surface area contributed by atoms with Gasteiger partial charge in [-0.05, 0) is 109 Å². The van der Waals surface area contributed by atoms with E-state index in [9.17, 15) is 19.0 Å². The number of ether oxygens (including phenoxy) is 1. The fourth-order valence-corrected chi connectivity index (χ4v) is 9.18. The van der Waals surface area contributed by atoms with Crippen molar-refractivity contribution in [1.82, 2.24) is 5.32 Å². The summed E-state index contributed by atoms with van der Waals surface area (Å²) in [5, 5.41) is 3.02. The fraction of sp³-hybridized carbons (Fsp3) is 0.727. The van der Waals surface area contributed by atoms with E-state index in [1.807, 2.05) is 33.3 Å². The fourth-order valence-electron chi connectivity index (χ4n) is 8.46. The number of amides is 1. The molecule has 0 fully saturated rings. The van der Waals surface area contributed by atoms with Crippen LogP contribution in [0.25, 0.3) is 0 Å². The Balaban J connectivity index is 5.16. The van der Waals surface area contributed by atoms with Crippen LogP contribution in [0.15, 0.2) is 97.2 Å². The normalized spacial score (nSPS) is 14.4. The molecule has 0 saturated carbocycles. The summed E-state index contributed by atoms with van der Waals surface area (Å²) in [7, 11) is 1.16. The van der Waals surface area contributed by atoms with Gasteiger partial charge in [-0.2, -0.15) is 0 Å². The molecule has 9 nitrogen and oxygen atoms in total. The molecule has 0 aromatic rings. The molecule has 76 heavy (non-hydrogen) atoms. The number of unbranched alkanes of at least 4 members (excludes halogenated alkanes) is 25. The Morgan fingerprint density at radius 1 is 0.474 bits per heavy atom. The van der Waals surface area contributed by atoms with Crippen molar-refractivity contribution in [2.24, 2.45) is 0 Å². The SMILES string of the molecule is CC/C=C/C/C=C/C/C=C/CCCCCCC(=O)OC(/C=C\CCCCCCCCCCC)C(COP(=O)([O-])OCC[N+](C)(C)C)NC(=O)CCCCCCCCCCC/C=C\C/C=C\C/C=C\C/C=C\CCCCC. The van der Waals surface area contributed by atoms with Crippen molar-refractivity contribution in [2.45, 2.75) is 270 Å². The molecule has 0 aliphatic rings. The van der Waals surface area contributed by atoms with Gasteiger partial charge in [0.25, 0.3) is 7.82 Å². The van der Waals surface area contributed by atoms with Crippen LogP contribution in [0.5, 0.6) is 0 Å². The zero-order chi connectivity index (χ0) is 55.7. The molecule has 3 atom stereocenters. The maximum Gasteiger partial charge on any atom is 0.306 e. The average Bonchev–Trinajstić information content (AvgIpc) is 3.38. The highest BCUT2D eigenvalue weighted by atomic mass is 31.2. The van der Waals surface area contributed by atoms with Gasteiger partial charge in [0, 0.05) is 12.8 Å². The number of hydrogen-bond donors (Lipinski definition) is 1. The zero-order valence-electron chi connectivity index (χ0n) is 49.9. The van der Waals surface area contributed by atoms with Crippen molar-refractivity contribution in [3.63, 3.8) is 0 Å². The molecule has 0 saturated heterocycles. The Morgan fingerprint density at radius 2 is 0.842 bits per heavy atom. The minimum atomic E-state index is -4.71. The summed E-state index contributed by atoms with van der Waals surface area (Å²) in [4.78, 5) is 39.9. The van der Waals surface area contributed by atoms with Crippen molar-refractivity contribution in [1.29, 1.82) is 0 Å². The largest absolute Gasteiger partial charge is 0.756 e. The molecule has 0 aromatic carbocycles. The summed E-state index contributed by atoms with van der Waals surface area (Å²) < 4.78 is 30.2. The van der Waals surface area contributed by atoms with E-state index < -0.39 is 26.6 Å². The number of phosphoric acid groups is 1. The van der Waals surface area contributed by atoms with E-state index in [1.54, 1.807) is 0 Å². The van der Waals surface area contributed by atoms with Crippen molar-refractivity contribution in [2.75, 3.05) is 40.9 Å². The molecule has 1 amide bonds. The van der Waals surface area contributed by atoms with Crippen molar-refractivity contribution in [3.05, 3.63) is 97.2 Å². The Labute approximate surface area is 468 Å². The van der Waals surface area contributed by atoms with Gasteiger partial charge in [0.15, 0.2) is 0 Å². The zero-order valence-corrected chi connectivity index (χ0v) is 50.8. The van der Waals surface area contributed by atoms with Gasteiger partial charge in [0.1, 0.15) is 19.3 Å². The standard InChI is InChI=1S/C66H117N2O7P/c1-7-10-13-16-19-22-25-27-29-30-31-32-33-34-35-36-37-38-39-40-43-46-49-52-55-58-65(69)67-63(62-74-76(71,72)73-61-60-68(4,5)6)64(57-54-51-48-45-42-24-21-18-15-12-9-3)75-66(70)59-56-53-50-47-44-41-28-26-23-20-17-14-11-8-2/h11,14,19-20,22-23,27-29,31-32,34-35,41,54,57,63-64H,7-10,12-13,15-18,21,24-26,30,33,36-40,42-53,55-56,58-62H2,1-6H3,(H-,67,69,71,72)/b14-11+,22-19-,23-20+,29-27-,32-31-,35-34-,41-28+,57-54-. The number of carbonyl (C=O) groups is 2. The van der Waals surface area contributed by atoms with Gasteiger partial charge in [-0.3, -0.25) is 14.2 Å². The molecule has 10 heteroatoms. The molecule has 438 valence electrons. The molecule has 0 bridgehead atoms. The average molecular weight is 1080 g/mol. The highest BCUT2D eigenvalue weighted by Gasteiger charge is 2.27. The number of allylic oxidation sites excluding steroid dienone is 15. The number of carbonyl (C=O) groups excluding carboxylic acids is 2. The van der Waals surface area contributed by atoms with Crippen LogP contribution in [0.4, 0.5) is 0 Å². The number of likely N-dealkylation sites (N-methyl/N-ethyl adjacent to an activating group) is 1. The molecule has 0 aliphatic heterocycles. The van der Waals surface area contributed by atoms with E-state index in [2.05, 4.69) is 111 Å². The summed E-state index contributed by atoms with van der Waals surface area (Å²) >= 11 is 0. The minimum Gasteiger partial charge on any atom is -0.756 e. The van der Waals surface area contributed by atoms with Gasteiger partial charge in [0.05, 0.1) is 33.8 Å². The highest BCUT2D eigenvalue weighted by molar-refractivity contribution is 7.45. The molecular weight excluding hydrogens is 964 g/mol. The van der Waals surface area contributed by atoms with Gasteiger partial charge in [-0.15, -0.1) is 0 Å². The van der Waals surface area contributed by atoms with Gasteiger partial charge in [0.2, 0.25) is 5.91 Å². The number of phosphoric ester groups is 1. The molecule has 0 heterocycles. The van der Waals surface area contributed by atoms with E-state index in [1.165, 1.54) is 103 Å². The Hall–Kier alpha value is -3.07. The van der Waals surface area contributed by atoms with Crippen LogP contribution < -0.4 is 10.2 Å². The molecule has 0 aliphatic carbocycles. The first-order valence-electron chi connectivity index (χ1n) is 31.0. The highest BCUT2D eigenvalue weighted by Crippen LogP contribution is 2.38. The number of rotatable bonds is 55. The van der Waals surface area contributed by atoms with E-state index in [-0.39, 0.29) is 24.9 Å². The predicted molar refractivity (Wildman–Crippen MR) is 325 cm³/mol. The lowest BCUT2D eigenvalue weighted by molar-refractivity contribution is -0.870. The third-order valence-corrected chi connectivity index (χ3v) is 14.2. The lowest BCUT2D eigenvalue weighted by atomic mass is 10.0. The van der Waals surface area contributed by atoms with Crippen LogP contribution in [-0.2, 0) is 27.9 Å². The van der Waals surface area contributed by atoms with Gasteiger partial charge in [-0.1, -0.05) is 234 Å². The predicted octanol–water partition coefficient (Wildman–Crippen LogP) is 18.5. The quantitative estimate of drug-likeness (QED) is 0.0212. The van der Waals surface area contributed by atoms with Gasteiger partial charge in [-0.25, -0.2) is 0 Å². The summed E-state index contributed by atoms with van der Waals surface area (Å²) in [6.07, 6.45) is 73.8. The van der Waals surface area contributed by atoms with Crippen molar-refractivity contribution in [3.8, 4) is 0 Å². The Bertz CT molecular complexity index is 1620. The third-order valence-electron chi connectivity index (χ3n) is 13.2. The third kappa shape index (κ3) is 55.7. The first-order chi connectivity index (χ1) is 36.9. The van der Waals surface area contributed by atoms with Crippen LogP contribution >= 0.6 is 7.82 Å². The maximum atomic E-state index is 13.5. The van der Waals surface area contributed by atoms with Crippen LogP contribution in [0.1, 0.15) is 258 Å². The van der Waals surface area contributed by atoms with Gasteiger partial charge < -0.3 is 28.5 Å². The molecule has 0 aromatic heterocycles. The Morgan fingerprint density at radius 3 is 1.29 bits per heavy atom. The van der Waals surface area contributed by atoms with Crippen molar-refractivity contribution < 1.29 is 37.3 Å². The lowest BCUT2D eigenvalue weighted by Gasteiger charge is -2.30. The molecule has 0 spiro atoms. The first-order valence-corrected chi connectivity index (χ1v) is 32.5. The van der Waals surface area contributed by atoms with Crippen LogP contribution in [0.3, 0.4) is 0 Å². The molecule has 0 rings (SSSR count). The molecule has 0 radical (unpaired) electrons. The summed E-state index contributed by atoms with van der Waals surface area (Å²) in [5.41, 5.74) is 0. The maximum absolute atomic E-state index is 13.5. The number of quaternary nitrogens is 1. The van der Waals surface area contributed by atoms with Crippen molar-refractivity contribution >= 4 is 19.7 Å². The first kappa shape index (κ1) is 72.9. The molecule has 1 N–H and O–H groups in total. The second kappa shape index (κ2) is 55.3. The second-order valence-electron chi connectivity index (χ2n) is 21.8. The van der Waals surface area contributed by atoms with Gasteiger partial charge >= 0.3 is 5.97 Å². The minimum absolute atomic E-state index is 0.0318. The van der Waals surface area contributed by atoms with Crippen LogP contribution in [-0.4, -0.2) is 69.4 Å². The van der Waals surface area contributed by atoms with E-state index in [0.717, 1.165) is 116 Å². The van der Waals surface area contributed by atoms with E-state index in [0.29, 0.717) is 23.9 Å². The summed E-state index contributed by atoms with van der Waals surface area (Å²) in [6, 6.07) is -0.906. The Kier molecular flexibility index (Phi) is 53.0. The topological polar surface area (TPSA) is 114 Å². The number of nitrogens with zero attached hydrogens (tertiary/aromatic N) is 1. The summed E-state index contributed by atoms with van der Waals surface area (Å²) in [6.45, 7) is 6.67. The number of nitrogens with one attached hydrogen (secondary N) is 1. The van der Waals surface area contributed by atoms with Crippen LogP contribution in [0.2, 0.25) is 0 Å². The summed E-state index contributed by atoms with van der Waals surface area (Å²) in [5.74, 6) is -0.578. The molecule has 3 unspecified atom stereocenters. The number of esters is 1. The van der Waals surface area contributed by atoms with E-state index in [4.69, 9.17) is 13.8 Å². The monoisotopic (exact) mass is 1080 g/mol. The van der Waals surface area contributed by atoms with Crippen LogP contribution in [0, 0.1) is 0 Å². The van der Waals surface area contributed by atoms with E-state index >= 15 is 0 Å². The lowest BCUT2D eigenvalue weighted by Crippen LogP contribution is -2.47. The molecular formula is C66H117N2O7P. The second-order valence-corrected chi connectivity index (χ2v) is 23.2.